The summed E-state index contributed by atoms with van der Waals surface area (Å²) >= 11 is 0. The minimum absolute atomic E-state index is 0.0813. The molecule has 0 aromatic heterocycles. The van der Waals surface area contributed by atoms with Crippen LogP contribution >= 0.6 is 0 Å². The lowest BCUT2D eigenvalue weighted by Crippen LogP contribution is -2.37. The van der Waals surface area contributed by atoms with Gasteiger partial charge in [-0.3, -0.25) is 14.5 Å². The fraction of sp³-hybridized carbons (Fsp3) is 0.294. The molecule has 1 aromatic carbocycles. The Balaban J connectivity index is 2.33. The van der Waals surface area contributed by atoms with E-state index in [0.29, 0.717) is 13.0 Å². The van der Waals surface area contributed by atoms with E-state index < -0.39 is 11.7 Å². The number of amides is 2. The standard InChI is InChI=1S/C17H18FNO5/c1-22-12-10-11(15(18)17(24-3)16(12)23-2)7-8-14(21)19-9-5-4-6-13(19)20/h4,6-8,10H,5,9H2,1-3H3/b8-7+. The Hall–Kier alpha value is -2.83. The number of nitrogens with zero attached hydrogens (tertiary/aromatic N) is 1. The molecule has 7 heteroatoms. The summed E-state index contributed by atoms with van der Waals surface area (Å²) in [7, 11) is 4.08. The molecule has 1 aromatic rings. The number of methoxy groups -OCH3 is 3. The third-order valence-electron chi connectivity index (χ3n) is 3.51. The predicted octanol–water partition coefficient (Wildman–Crippen LogP) is 2.18. The summed E-state index contributed by atoms with van der Waals surface area (Å²) in [6.07, 6.45) is 6.06. The van der Waals surface area contributed by atoms with Gasteiger partial charge in [0.05, 0.1) is 21.3 Å². The van der Waals surface area contributed by atoms with Crippen molar-refractivity contribution in [2.24, 2.45) is 0 Å². The zero-order valence-corrected chi connectivity index (χ0v) is 13.7. The highest BCUT2D eigenvalue weighted by molar-refractivity contribution is 6.06. The largest absolute Gasteiger partial charge is 0.493 e. The van der Waals surface area contributed by atoms with Gasteiger partial charge < -0.3 is 14.2 Å². The minimum atomic E-state index is -0.691. The van der Waals surface area contributed by atoms with Crippen LogP contribution in [0.4, 0.5) is 4.39 Å². The highest BCUT2D eigenvalue weighted by Crippen LogP contribution is 2.41. The van der Waals surface area contributed by atoms with Crippen LogP contribution in [0.15, 0.2) is 24.3 Å². The Morgan fingerprint density at radius 1 is 1.21 bits per heavy atom. The van der Waals surface area contributed by atoms with Gasteiger partial charge in [0.15, 0.2) is 11.6 Å². The van der Waals surface area contributed by atoms with Crippen LogP contribution in [0.1, 0.15) is 12.0 Å². The van der Waals surface area contributed by atoms with Crippen molar-refractivity contribution < 1.29 is 28.2 Å². The minimum Gasteiger partial charge on any atom is -0.493 e. The maximum absolute atomic E-state index is 14.5. The van der Waals surface area contributed by atoms with E-state index in [0.717, 1.165) is 11.0 Å². The first-order valence-electron chi connectivity index (χ1n) is 7.22. The number of carbonyl (C=O) groups excluding carboxylic acids is 2. The third-order valence-corrected chi connectivity index (χ3v) is 3.51. The number of hydrogen-bond acceptors (Lipinski definition) is 5. The maximum atomic E-state index is 14.5. The van der Waals surface area contributed by atoms with E-state index in [1.54, 1.807) is 6.08 Å². The molecule has 128 valence electrons. The molecule has 1 aliphatic rings. The molecule has 0 spiro atoms. The topological polar surface area (TPSA) is 65.1 Å². The van der Waals surface area contributed by atoms with Crippen molar-refractivity contribution in [3.8, 4) is 17.2 Å². The van der Waals surface area contributed by atoms with Gasteiger partial charge in [0.1, 0.15) is 0 Å². The molecule has 0 unspecified atom stereocenters. The Bertz CT molecular complexity index is 711. The Labute approximate surface area is 139 Å². The molecule has 24 heavy (non-hydrogen) atoms. The monoisotopic (exact) mass is 335 g/mol. The van der Waals surface area contributed by atoms with Crippen LogP contribution in [0.25, 0.3) is 6.08 Å². The fourth-order valence-corrected chi connectivity index (χ4v) is 2.32. The summed E-state index contributed by atoms with van der Waals surface area (Å²) < 4.78 is 29.7. The molecule has 0 aliphatic carbocycles. The van der Waals surface area contributed by atoms with Gasteiger partial charge in [-0.1, -0.05) is 6.08 Å². The normalized spacial score (nSPS) is 14.2. The van der Waals surface area contributed by atoms with Crippen LogP contribution in [-0.2, 0) is 9.59 Å². The molecule has 0 N–H and O–H groups in total. The van der Waals surface area contributed by atoms with Gasteiger partial charge in [-0.05, 0) is 24.6 Å². The lowest BCUT2D eigenvalue weighted by molar-refractivity contribution is -0.139. The van der Waals surface area contributed by atoms with Crippen LogP contribution in [0, 0.1) is 5.82 Å². The number of imide groups is 1. The van der Waals surface area contributed by atoms with E-state index in [1.807, 2.05) is 0 Å². The van der Waals surface area contributed by atoms with Gasteiger partial charge in [0, 0.05) is 18.2 Å². The third kappa shape index (κ3) is 3.40. The van der Waals surface area contributed by atoms with Crippen molar-refractivity contribution in [1.29, 1.82) is 0 Å². The molecule has 0 radical (unpaired) electrons. The van der Waals surface area contributed by atoms with Crippen molar-refractivity contribution in [3.63, 3.8) is 0 Å². The molecule has 0 saturated heterocycles. The van der Waals surface area contributed by atoms with Crippen LogP contribution < -0.4 is 14.2 Å². The maximum Gasteiger partial charge on any atom is 0.253 e. The summed E-state index contributed by atoms with van der Waals surface area (Å²) in [6, 6.07) is 1.39. The molecule has 1 heterocycles. The van der Waals surface area contributed by atoms with Crippen LogP contribution in [0.3, 0.4) is 0 Å². The first-order valence-corrected chi connectivity index (χ1v) is 7.22. The number of carbonyl (C=O) groups is 2. The number of halogens is 1. The van der Waals surface area contributed by atoms with Crippen molar-refractivity contribution in [1.82, 2.24) is 4.90 Å². The van der Waals surface area contributed by atoms with Crippen molar-refractivity contribution in [2.45, 2.75) is 6.42 Å². The molecule has 6 nitrogen and oxygen atoms in total. The smallest absolute Gasteiger partial charge is 0.253 e. The molecule has 0 bridgehead atoms. The summed E-state index contributed by atoms with van der Waals surface area (Å²) in [4.78, 5) is 24.8. The van der Waals surface area contributed by atoms with Crippen molar-refractivity contribution in [3.05, 3.63) is 35.7 Å². The highest BCUT2D eigenvalue weighted by Gasteiger charge is 2.21. The number of ether oxygens (including phenoxy) is 3. The Morgan fingerprint density at radius 2 is 1.92 bits per heavy atom. The Morgan fingerprint density at radius 3 is 2.50 bits per heavy atom. The number of benzene rings is 1. The average molecular weight is 335 g/mol. The van der Waals surface area contributed by atoms with Crippen LogP contribution in [-0.4, -0.2) is 44.6 Å². The summed E-state index contributed by atoms with van der Waals surface area (Å²) in [5.41, 5.74) is 0.0813. The molecule has 0 atom stereocenters. The van der Waals surface area contributed by atoms with Gasteiger partial charge in [-0.2, -0.15) is 0 Å². The summed E-state index contributed by atoms with van der Waals surface area (Å²) in [5, 5.41) is 0. The fourth-order valence-electron chi connectivity index (χ4n) is 2.32. The van der Waals surface area contributed by atoms with E-state index >= 15 is 0 Å². The predicted molar refractivity (Wildman–Crippen MR) is 85.6 cm³/mol. The first-order chi connectivity index (χ1) is 11.5. The number of hydrogen-bond donors (Lipinski definition) is 0. The second kappa shape index (κ2) is 7.63. The Kier molecular flexibility index (Phi) is 5.57. The summed E-state index contributed by atoms with van der Waals surface area (Å²) in [5.74, 6) is -1.33. The van der Waals surface area contributed by atoms with Crippen molar-refractivity contribution >= 4 is 17.9 Å². The molecular weight excluding hydrogens is 317 g/mol. The molecule has 2 amide bonds. The SMILES string of the molecule is COc1cc(/C=C/C(=O)N2CCC=CC2=O)c(F)c(OC)c1OC. The quantitative estimate of drug-likeness (QED) is 0.772. The van der Waals surface area contributed by atoms with E-state index in [2.05, 4.69) is 0 Å². The van der Waals surface area contributed by atoms with Gasteiger partial charge >= 0.3 is 0 Å². The van der Waals surface area contributed by atoms with Gasteiger partial charge in [0.25, 0.3) is 11.8 Å². The second-order valence-electron chi connectivity index (χ2n) is 4.90. The number of rotatable bonds is 5. The van der Waals surface area contributed by atoms with E-state index in [1.165, 1.54) is 39.5 Å². The molecular formula is C17H18FNO5. The second-order valence-corrected chi connectivity index (χ2v) is 4.90. The summed E-state index contributed by atoms with van der Waals surface area (Å²) in [6.45, 7) is 0.302. The van der Waals surface area contributed by atoms with Gasteiger partial charge in [-0.15, -0.1) is 0 Å². The molecule has 0 fully saturated rings. The lowest BCUT2D eigenvalue weighted by atomic mass is 10.1. The van der Waals surface area contributed by atoms with Gasteiger partial charge in [0.2, 0.25) is 11.5 Å². The van der Waals surface area contributed by atoms with Crippen LogP contribution in [0.5, 0.6) is 17.2 Å². The first kappa shape index (κ1) is 17.5. The van der Waals surface area contributed by atoms with E-state index in [-0.39, 0.29) is 28.7 Å². The molecule has 0 saturated carbocycles. The zero-order chi connectivity index (χ0) is 17.7. The molecule has 2 rings (SSSR count). The van der Waals surface area contributed by atoms with E-state index in [4.69, 9.17) is 14.2 Å². The molecule has 1 aliphatic heterocycles. The van der Waals surface area contributed by atoms with Gasteiger partial charge in [-0.25, -0.2) is 4.39 Å². The zero-order valence-electron chi connectivity index (χ0n) is 13.7. The van der Waals surface area contributed by atoms with Crippen molar-refractivity contribution in [2.75, 3.05) is 27.9 Å². The lowest BCUT2D eigenvalue weighted by Gasteiger charge is -2.19. The van der Waals surface area contributed by atoms with E-state index in [9.17, 15) is 14.0 Å². The van der Waals surface area contributed by atoms with Crippen LogP contribution in [0.2, 0.25) is 0 Å². The average Bonchev–Trinajstić information content (AvgIpc) is 2.60. The highest BCUT2D eigenvalue weighted by atomic mass is 19.1.